The molecule has 1 atom stereocenters. The van der Waals surface area contributed by atoms with Gasteiger partial charge in [-0.15, -0.1) is 0 Å². The normalized spacial score (nSPS) is 12.7. The smallest absolute Gasteiger partial charge is 0.227 e. The number of guanidine groups is 1. The van der Waals surface area contributed by atoms with Crippen molar-refractivity contribution in [3.8, 4) is 0 Å². The minimum Gasteiger partial charge on any atom is -0.378 e. The van der Waals surface area contributed by atoms with Crippen LogP contribution >= 0.6 is 0 Å². The van der Waals surface area contributed by atoms with Crippen molar-refractivity contribution in [2.75, 3.05) is 31.6 Å². The molecule has 1 amide bonds. The fraction of sp³-hybridized carbons (Fsp3) is 0.650. The Morgan fingerprint density at radius 2 is 2.04 bits per heavy atom. The maximum atomic E-state index is 12.0. The molecule has 1 rings (SSSR count). The Bertz CT molecular complexity index is 572. The molecule has 7 nitrogen and oxygen atoms in total. The van der Waals surface area contributed by atoms with Gasteiger partial charge in [0.25, 0.3) is 0 Å². The highest BCUT2D eigenvalue weighted by Crippen LogP contribution is 2.10. The first kappa shape index (κ1) is 22.9. The van der Waals surface area contributed by atoms with Gasteiger partial charge in [-0.25, -0.2) is 4.98 Å². The lowest BCUT2D eigenvalue weighted by Crippen LogP contribution is -2.39. The number of carbonyl (C=O) groups is 1. The molecule has 0 radical (unpaired) electrons. The molecular weight excluding hydrogens is 342 g/mol. The van der Waals surface area contributed by atoms with Gasteiger partial charge in [-0.05, 0) is 44.7 Å². The zero-order valence-electron chi connectivity index (χ0n) is 17.3. The molecule has 1 unspecified atom stereocenters. The number of hydrogen-bond acceptors (Lipinski definition) is 4. The highest BCUT2D eigenvalue weighted by atomic mass is 16.5. The molecule has 1 aromatic rings. The van der Waals surface area contributed by atoms with Gasteiger partial charge in [-0.2, -0.15) is 0 Å². The third-order valence-corrected chi connectivity index (χ3v) is 3.98. The van der Waals surface area contributed by atoms with Crippen molar-refractivity contribution in [2.45, 2.75) is 53.6 Å². The number of rotatable bonds is 11. The van der Waals surface area contributed by atoms with Crippen LogP contribution in [0, 0.1) is 12.8 Å². The predicted octanol–water partition coefficient (Wildman–Crippen LogP) is 2.72. The maximum absolute atomic E-state index is 12.0. The van der Waals surface area contributed by atoms with Gasteiger partial charge in [-0.3, -0.25) is 9.79 Å². The first-order valence-corrected chi connectivity index (χ1v) is 9.82. The molecule has 1 aromatic heterocycles. The maximum Gasteiger partial charge on any atom is 0.227 e. The van der Waals surface area contributed by atoms with Crippen molar-refractivity contribution in [3.63, 3.8) is 0 Å². The first-order chi connectivity index (χ1) is 13.0. The van der Waals surface area contributed by atoms with E-state index in [2.05, 4.69) is 39.8 Å². The molecular formula is C20H35N5O2. The standard InChI is InChI=1S/C20H35N5O2/c1-6-21-20(22-12-10-17(15(3)4)27-7-2)23-13-11-19(26)25-18-9-8-16(5)14-24-18/h8-9,14-15,17H,6-7,10-13H2,1-5H3,(H2,21,22,23)(H,24,25,26). The van der Waals surface area contributed by atoms with E-state index >= 15 is 0 Å². The van der Waals surface area contributed by atoms with E-state index < -0.39 is 0 Å². The van der Waals surface area contributed by atoms with Crippen LogP contribution in [-0.4, -0.2) is 49.2 Å². The lowest BCUT2D eigenvalue weighted by molar-refractivity contribution is -0.116. The number of ether oxygens (including phenoxy) is 1. The number of pyridine rings is 1. The molecule has 3 N–H and O–H groups in total. The van der Waals surface area contributed by atoms with Gasteiger partial charge in [0.05, 0.1) is 6.10 Å². The molecule has 0 saturated heterocycles. The second-order valence-electron chi connectivity index (χ2n) is 6.73. The number of aliphatic imine (C=N–C) groups is 1. The Labute approximate surface area is 163 Å². The van der Waals surface area contributed by atoms with Crippen LogP contribution < -0.4 is 16.0 Å². The summed E-state index contributed by atoms with van der Waals surface area (Å²) in [5.41, 5.74) is 1.06. The Balaban J connectivity index is 2.40. The van der Waals surface area contributed by atoms with Crippen molar-refractivity contribution in [1.29, 1.82) is 0 Å². The summed E-state index contributed by atoms with van der Waals surface area (Å²) < 4.78 is 5.75. The molecule has 7 heteroatoms. The van der Waals surface area contributed by atoms with Crippen molar-refractivity contribution in [2.24, 2.45) is 10.9 Å². The van der Waals surface area contributed by atoms with Gasteiger partial charge in [0, 0.05) is 38.9 Å². The summed E-state index contributed by atoms with van der Waals surface area (Å²) >= 11 is 0. The molecule has 0 fully saturated rings. The summed E-state index contributed by atoms with van der Waals surface area (Å²) in [4.78, 5) is 20.8. The van der Waals surface area contributed by atoms with Gasteiger partial charge in [0.2, 0.25) is 5.91 Å². The molecule has 0 aromatic carbocycles. The van der Waals surface area contributed by atoms with Gasteiger partial charge in [0.1, 0.15) is 5.82 Å². The van der Waals surface area contributed by atoms with E-state index in [0.717, 1.165) is 31.1 Å². The minimum atomic E-state index is -0.0779. The van der Waals surface area contributed by atoms with Crippen LogP contribution in [0.4, 0.5) is 5.82 Å². The van der Waals surface area contributed by atoms with E-state index in [1.807, 2.05) is 26.8 Å². The van der Waals surface area contributed by atoms with Crippen molar-refractivity contribution < 1.29 is 9.53 Å². The number of aryl methyl sites for hydroxylation is 1. The number of nitrogens with one attached hydrogen (secondary N) is 3. The van der Waals surface area contributed by atoms with Gasteiger partial charge in [0.15, 0.2) is 5.96 Å². The number of anilines is 1. The summed E-state index contributed by atoms with van der Waals surface area (Å²) in [5, 5.41) is 9.19. The van der Waals surface area contributed by atoms with Crippen LogP contribution in [0.25, 0.3) is 0 Å². The largest absolute Gasteiger partial charge is 0.378 e. The van der Waals surface area contributed by atoms with Gasteiger partial charge in [-0.1, -0.05) is 19.9 Å². The Morgan fingerprint density at radius 3 is 2.63 bits per heavy atom. The zero-order valence-corrected chi connectivity index (χ0v) is 17.3. The Kier molecular flexibility index (Phi) is 11.1. The molecule has 0 saturated carbocycles. The average molecular weight is 378 g/mol. The summed E-state index contributed by atoms with van der Waals surface area (Å²) in [7, 11) is 0. The fourth-order valence-electron chi connectivity index (χ4n) is 2.51. The van der Waals surface area contributed by atoms with Crippen molar-refractivity contribution in [3.05, 3.63) is 23.9 Å². The molecule has 152 valence electrons. The Morgan fingerprint density at radius 1 is 1.26 bits per heavy atom. The third-order valence-electron chi connectivity index (χ3n) is 3.98. The molecule has 0 aliphatic carbocycles. The molecule has 0 bridgehead atoms. The number of hydrogen-bond donors (Lipinski definition) is 3. The topological polar surface area (TPSA) is 87.6 Å². The fourth-order valence-corrected chi connectivity index (χ4v) is 2.51. The molecule has 1 heterocycles. The lowest BCUT2D eigenvalue weighted by Gasteiger charge is -2.20. The minimum absolute atomic E-state index is 0.0779. The third kappa shape index (κ3) is 9.94. The highest BCUT2D eigenvalue weighted by Gasteiger charge is 2.12. The summed E-state index contributed by atoms with van der Waals surface area (Å²) in [5.74, 6) is 1.68. The van der Waals surface area contributed by atoms with E-state index in [9.17, 15) is 4.79 Å². The van der Waals surface area contributed by atoms with E-state index in [1.54, 1.807) is 12.3 Å². The molecule has 27 heavy (non-hydrogen) atoms. The molecule has 0 aliphatic heterocycles. The number of nitrogens with zero attached hydrogens (tertiary/aromatic N) is 2. The van der Waals surface area contributed by atoms with Crippen molar-refractivity contribution in [1.82, 2.24) is 15.6 Å². The van der Waals surface area contributed by atoms with Crippen LogP contribution in [-0.2, 0) is 9.53 Å². The Hall–Kier alpha value is -2.15. The number of carbonyl (C=O) groups excluding carboxylic acids is 1. The highest BCUT2D eigenvalue weighted by molar-refractivity contribution is 5.90. The second-order valence-corrected chi connectivity index (χ2v) is 6.73. The lowest BCUT2D eigenvalue weighted by atomic mass is 10.0. The second kappa shape index (κ2) is 13.1. The summed E-state index contributed by atoms with van der Waals surface area (Å²) in [6, 6.07) is 3.72. The van der Waals surface area contributed by atoms with Gasteiger partial charge >= 0.3 is 0 Å². The first-order valence-electron chi connectivity index (χ1n) is 9.82. The van der Waals surface area contributed by atoms with Crippen molar-refractivity contribution >= 4 is 17.7 Å². The number of aromatic nitrogens is 1. The van der Waals surface area contributed by atoms with E-state index in [1.165, 1.54) is 0 Å². The quantitative estimate of drug-likeness (QED) is 0.408. The van der Waals surface area contributed by atoms with Crippen LogP contribution in [0.15, 0.2) is 23.3 Å². The summed E-state index contributed by atoms with van der Waals surface area (Å²) in [6.45, 7) is 13.0. The monoisotopic (exact) mass is 377 g/mol. The van der Waals surface area contributed by atoms with Crippen LogP contribution in [0.2, 0.25) is 0 Å². The van der Waals surface area contributed by atoms with Crippen LogP contribution in [0.1, 0.15) is 46.1 Å². The predicted molar refractivity (Wildman–Crippen MR) is 111 cm³/mol. The van der Waals surface area contributed by atoms with Crippen LogP contribution in [0.3, 0.4) is 0 Å². The summed E-state index contributed by atoms with van der Waals surface area (Å²) in [6.07, 6.45) is 3.17. The SMILES string of the molecule is CCNC(=NCCC(OCC)C(C)C)NCCC(=O)Nc1ccc(C)cn1. The number of amides is 1. The zero-order chi connectivity index (χ0) is 20.1. The van der Waals surface area contributed by atoms with Crippen LogP contribution in [0.5, 0.6) is 0 Å². The molecule has 0 aliphatic rings. The molecule has 0 spiro atoms. The average Bonchev–Trinajstić information content (AvgIpc) is 2.62. The van der Waals surface area contributed by atoms with E-state index in [-0.39, 0.29) is 12.0 Å². The van der Waals surface area contributed by atoms with E-state index in [4.69, 9.17) is 4.74 Å². The van der Waals surface area contributed by atoms with E-state index in [0.29, 0.717) is 31.2 Å². The van der Waals surface area contributed by atoms with Gasteiger partial charge < -0.3 is 20.7 Å².